The Morgan fingerprint density at radius 1 is 1.21 bits per heavy atom. The van der Waals surface area contributed by atoms with Crippen LogP contribution >= 0.6 is 11.3 Å². The van der Waals surface area contributed by atoms with E-state index in [1.165, 1.54) is 11.3 Å². The second-order valence-corrected chi connectivity index (χ2v) is 7.66. The Labute approximate surface area is 165 Å². The number of aromatic nitrogens is 2. The molecule has 0 bridgehead atoms. The minimum absolute atomic E-state index is 0.0820. The molecule has 0 unspecified atom stereocenters. The zero-order valence-corrected chi connectivity index (χ0v) is 16.1. The zero-order chi connectivity index (χ0) is 19.7. The quantitative estimate of drug-likeness (QED) is 0.719. The molecule has 1 N–H and O–H groups in total. The maximum Gasteiger partial charge on any atom is 0.355 e. The molecule has 4 rings (SSSR count). The first-order valence-electron chi connectivity index (χ1n) is 9.04. The second kappa shape index (κ2) is 7.55. The predicted molar refractivity (Wildman–Crippen MR) is 104 cm³/mol. The zero-order valence-electron chi connectivity index (χ0n) is 15.3. The molecule has 1 aliphatic rings. The van der Waals surface area contributed by atoms with Crippen LogP contribution in [-0.4, -0.2) is 45.1 Å². The molecule has 0 radical (unpaired) electrons. The Morgan fingerprint density at radius 3 is 2.57 bits per heavy atom. The van der Waals surface area contributed by atoms with E-state index in [2.05, 4.69) is 10.1 Å². The molecule has 0 saturated carbocycles. The van der Waals surface area contributed by atoms with Gasteiger partial charge in [-0.1, -0.05) is 35.5 Å². The molecule has 1 aliphatic heterocycles. The lowest BCUT2D eigenvalue weighted by Gasteiger charge is -2.31. The molecular formula is C20H19N3O4S. The summed E-state index contributed by atoms with van der Waals surface area (Å²) in [4.78, 5) is 30.2. The van der Waals surface area contributed by atoms with Crippen LogP contribution in [0.4, 0.5) is 0 Å². The van der Waals surface area contributed by atoms with Crippen molar-refractivity contribution >= 4 is 23.2 Å². The smallest absolute Gasteiger partial charge is 0.355 e. The van der Waals surface area contributed by atoms with E-state index in [-0.39, 0.29) is 17.5 Å². The van der Waals surface area contributed by atoms with Crippen LogP contribution in [0, 0.1) is 6.92 Å². The van der Waals surface area contributed by atoms with E-state index >= 15 is 0 Å². The van der Waals surface area contributed by atoms with Crippen LogP contribution in [0.2, 0.25) is 0 Å². The van der Waals surface area contributed by atoms with Gasteiger partial charge in [0, 0.05) is 30.0 Å². The lowest BCUT2D eigenvalue weighted by molar-refractivity contribution is 0.0690. The van der Waals surface area contributed by atoms with Crippen LogP contribution < -0.4 is 0 Å². The van der Waals surface area contributed by atoms with Gasteiger partial charge in [0.15, 0.2) is 5.69 Å². The summed E-state index contributed by atoms with van der Waals surface area (Å²) in [5, 5.41) is 15.5. The average Bonchev–Trinajstić information content (AvgIpc) is 3.35. The molecule has 3 aromatic rings. The third kappa shape index (κ3) is 3.43. The van der Waals surface area contributed by atoms with E-state index in [1.807, 2.05) is 35.2 Å². The van der Waals surface area contributed by atoms with Crippen LogP contribution in [0.1, 0.15) is 50.4 Å². The summed E-state index contributed by atoms with van der Waals surface area (Å²) in [6.07, 6.45) is 1.51. The molecule has 2 aromatic heterocycles. The summed E-state index contributed by atoms with van der Waals surface area (Å²) in [5.74, 6) is -0.399. The summed E-state index contributed by atoms with van der Waals surface area (Å²) in [5.41, 5.74) is 2.01. The van der Waals surface area contributed by atoms with Crippen LogP contribution in [0.3, 0.4) is 0 Å². The third-order valence-corrected chi connectivity index (χ3v) is 6.00. The summed E-state index contributed by atoms with van der Waals surface area (Å²) >= 11 is 1.37. The first-order chi connectivity index (χ1) is 13.5. The number of rotatable bonds is 4. The fraction of sp³-hybridized carbons (Fsp3) is 0.300. The van der Waals surface area contributed by atoms with E-state index < -0.39 is 5.97 Å². The number of likely N-dealkylation sites (tertiary alicyclic amines) is 1. The molecule has 1 fully saturated rings. The molecule has 1 aromatic carbocycles. The Kier molecular flexibility index (Phi) is 4.95. The van der Waals surface area contributed by atoms with Gasteiger partial charge in [0.05, 0.1) is 5.01 Å². The number of nitrogens with zero attached hydrogens (tertiary/aromatic N) is 3. The maximum atomic E-state index is 13.1. The van der Waals surface area contributed by atoms with Gasteiger partial charge in [0.1, 0.15) is 17.0 Å². The van der Waals surface area contributed by atoms with Crippen molar-refractivity contribution < 1.29 is 19.2 Å². The summed E-state index contributed by atoms with van der Waals surface area (Å²) in [6, 6.07) is 9.53. The molecule has 144 valence electrons. The van der Waals surface area contributed by atoms with Gasteiger partial charge < -0.3 is 14.5 Å². The highest BCUT2D eigenvalue weighted by Gasteiger charge is 2.30. The maximum absolute atomic E-state index is 13.1. The van der Waals surface area contributed by atoms with Crippen molar-refractivity contribution in [2.75, 3.05) is 13.1 Å². The van der Waals surface area contributed by atoms with E-state index in [9.17, 15) is 9.59 Å². The highest BCUT2D eigenvalue weighted by Crippen LogP contribution is 2.32. The number of hydrogen-bond donors (Lipinski definition) is 1. The largest absolute Gasteiger partial charge is 0.476 e. The molecule has 28 heavy (non-hydrogen) atoms. The van der Waals surface area contributed by atoms with Crippen molar-refractivity contribution in [2.45, 2.75) is 25.7 Å². The van der Waals surface area contributed by atoms with E-state index in [1.54, 1.807) is 12.3 Å². The Hall–Kier alpha value is -3.00. The van der Waals surface area contributed by atoms with Crippen molar-refractivity contribution in [3.05, 3.63) is 57.7 Å². The standard InChI is InChI=1S/C20H19N3O4S/c1-12-16(17(22-27-12)13-5-3-2-4-6-13)19(24)23-9-7-14(8-10-23)18-21-15(11-28-18)20(25)26/h2-6,11,14H,7-10H2,1H3,(H,25,26). The monoisotopic (exact) mass is 397 g/mol. The van der Waals surface area contributed by atoms with Gasteiger partial charge in [-0.25, -0.2) is 9.78 Å². The molecule has 7 nitrogen and oxygen atoms in total. The average molecular weight is 397 g/mol. The number of thiazole rings is 1. The normalized spacial score (nSPS) is 15.0. The minimum Gasteiger partial charge on any atom is -0.476 e. The van der Waals surface area contributed by atoms with Gasteiger partial charge in [-0.15, -0.1) is 11.3 Å². The number of carbonyl (C=O) groups is 2. The highest BCUT2D eigenvalue weighted by molar-refractivity contribution is 7.09. The van der Waals surface area contributed by atoms with Crippen molar-refractivity contribution in [3.63, 3.8) is 0 Å². The van der Waals surface area contributed by atoms with Crippen molar-refractivity contribution in [1.82, 2.24) is 15.0 Å². The number of benzene rings is 1. The number of aryl methyl sites for hydroxylation is 1. The lowest BCUT2D eigenvalue weighted by Crippen LogP contribution is -2.38. The number of carboxylic acids is 1. The molecule has 0 aliphatic carbocycles. The topological polar surface area (TPSA) is 96.5 Å². The Morgan fingerprint density at radius 2 is 1.93 bits per heavy atom. The van der Waals surface area contributed by atoms with Gasteiger partial charge in [0.25, 0.3) is 5.91 Å². The molecule has 0 atom stereocenters. The van der Waals surface area contributed by atoms with Crippen LogP contribution in [0.5, 0.6) is 0 Å². The Balaban J connectivity index is 1.49. The SMILES string of the molecule is Cc1onc(-c2ccccc2)c1C(=O)N1CCC(c2nc(C(=O)O)cs2)CC1. The second-order valence-electron chi connectivity index (χ2n) is 6.77. The Bertz CT molecular complexity index is 1000. The molecule has 1 saturated heterocycles. The molecule has 3 heterocycles. The fourth-order valence-corrected chi connectivity index (χ4v) is 4.44. The number of carbonyl (C=O) groups excluding carboxylic acids is 1. The van der Waals surface area contributed by atoms with Gasteiger partial charge in [-0.05, 0) is 19.8 Å². The van der Waals surface area contributed by atoms with Crippen molar-refractivity contribution in [2.24, 2.45) is 0 Å². The minimum atomic E-state index is -1.01. The number of aromatic carboxylic acids is 1. The number of carboxylic acid groups (broad SMARTS) is 1. The number of amides is 1. The summed E-state index contributed by atoms with van der Waals surface area (Å²) < 4.78 is 5.32. The molecule has 0 spiro atoms. The number of hydrogen-bond acceptors (Lipinski definition) is 6. The lowest BCUT2D eigenvalue weighted by atomic mass is 9.96. The first kappa shape index (κ1) is 18.4. The highest BCUT2D eigenvalue weighted by atomic mass is 32.1. The van der Waals surface area contributed by atoms with Crippen LogP contribution in [0.15, 0.2) is 40.2 Å². The third-order valence-electron chi connectivity index (χ3n) is 5.00. The summed E-state index contributed by atoms with van der Waals surface area (Å²) in [7, 11) is 0. The van der Waals surface area contributed by atoms with Crippen LogP contribution in [-0.2, 0) is 0 Å². The van der Waals surface area contributed by atoms with E-state index in [0.717, 1.165) is 23.4 Å². The molecule has 1 amide bonds. The van der Waals surface area contributed by atoms with E-state index in [4.69, 9.17) is 9.63 Å². The van der Waals surface area contributed by atoms with Crippen LogP contribution in [0.25, 0.3) is 11.3 Å². The predicted octanol–water partition coefficient (Wildman–Crippen LogP) is 3.82. The number of piperidine rings is 1. The summed E-state index contributed by atoms with van der Waals surface area (Å²) in [6.45, 7) is 2.93. The van der Waals surface area contributed by atoms with Gasteiger partial charge in [-0.2, -0.15) is 0 Å². The van der Waals surface area contributed by atoms with Gasteiger partial charge in [-0.3, -0.25) is 4.79 Å². The van der Waals surface area contributed by atoms with Crippen molar-refractivity contribution in [3.8, 4) is 11.3 Å². The van der Waals surface area contributed by atoms with Gasteiger partial charge >= 0.3 is 5.97 Å². The fourth-order valence-electron chi connectivity index (χ4n) is 3.48. The van der Waals surface area contributed by atoms with Crippen molar-refractivity contribution in [1.29, 1.82) is 0 Å². The van der Waals surface area contributed by atoms with Gasteiger partial charge in [0.2, 0.25) is 0 Å². The molecular weight excluding hydrogens is 378 g/mol. The molecule has 8 heteroatoms. The van der Waals surface area contributed by atoms with E-state index in [0.29, 0.717) is 30.1 Å². The first-order valence-corrected chi connectivity index (χ1v) is 9.92.